The van der Waals surface area contributed by atoms with Gasteiger partial charge in [0.2, 0.25) is 0 Å². The van der Waals surface area contributed by atoms with Crippen molar-refractivity contribution in [3.8, 4) is 11.4 Å². The first kappa shape index (κ1) is 17.2. The van der Waals surface area contributed by atoms with Crippen LogP contribution in [-0.4, -0.2) is 54.2 Å². The van der Waals surface area contributed by atoms with Gasteiger partial charge in [0.05, 0.1) is 31.0 Å². The number of rotatable bonds is 5. The smallest absolute Gasteiger partial charge is 0.185 e. The third kappa shape index (κ3) is 3.55. The molecule has 0 saturated carbocycles. The summed E-state index contributed by atoms with van der Waals surface area (Å²) in [6, 6.07) is 7.75. The Kier molecular flexibility index (Phi) is 4.80. The fraction of sp³-hybridized carbons (Fsp3) is 0.438. The van der Waals surface area contributed by atoms with Crippen LogP contribution in [0.25, 0.3) is 5.69 Å². The predicted octanol–water partition coefficient (Wildman–Crippen LogP) is 2.09. The fourth-order valence-electron chi connectivity index (χ4n) is 2.96. The van der Waals surface area contributed by atoms with Crippen LogP contribution in [0.4, 0.5) is 0 Å². The van der Waals surface area contributed by atoms with Crippen molar-refractivity contribution in [1.82, 2.24) is 14.0 Å². The zero-order valence-electron chi connectivity index (χ0n) is 13.8. The molecule has 24 heavy (non-hydrogen) atoms. The Hall–Kier alpha value is -1.64. The van der Waals surface area contributed by atoms with Gasteiger partial charge in [-0.3, -0.25) is 9.47 Å². The molecule has 1 aromatic heterocycles. The Labute approximate surface area is 147 Å². The van der Waals surface area contributed by atoms with Crippen LogP contribution in [0, 0.1) is 4.77 Å². The summed E-state index contributed by atoms with van der Waals surface area (Å²) >= 11 is 5.57. The Morgan fingerprint density at radius 2 is 2.17 bits per heavy atom. The van der Waals surface area contributed by atoms with Gasteiger partial charge in [-0.25, -0.2) is 8.42 Å². The largest absolute Gasteiger partial charge is 0.497 e. The average Bonchev–Trinajstić information content (AvgIpc) is 3.10. The lowest BCUT2D eigenvalue weighted by atomic mass is 10.2. The van der Waals surface area contributed by atoms with Gasteiger partial charge >= 0.3 is 0 Å². The van der Waals surface area contributed by atoms with Crippen molar-refractivity contribution in [2.24, 2.45) is 0 Å². The molecule has 0 N–H and O–H groups in total. The minimum atomic E-state index is -2.88. The number of methoxy groups -OCH3 is 1. The molecule has 8 heteroatoms. The van der Waals surface area contributed by atoms with Gasteiger partial charge in [0.25, 0.3) is 0 Å². The number of aromatic nitrogens is 2. The second kappa shape index (κ2) is 6.70. The van der Waals surface area contributed by atoms with E-state index in [9.17, 15) is 8.42 Å². The monoisotopic (exact) mass is 367 g/mol. The maximum atomic E-state index is 11.6. The number of benzene rings is 1. The fourth-order valence-corrected chi connectivity index (χ4v) is 5.05. The predicted molar refractivity (Wildman–Crippen MR) is 96.0 cm³/mol. The van der Waals surface area contributed by atoms with Gasteiger partial charge in [-0.05, 0) is 37.8 Å². The van der Waals surface area contributed by atoms with Crippen molar-refractivity contribution < 1.29 is 13.2 Å². The van der Waals surface area contributed by atoms with Gasteiger partial charge in [-0.15, -0.1) is 0 Å². The molecule has 0 bridgehead atoms. The van der Waals surface area contributed by atoms with Gasteiger partial charge in [-0.1, -0.05) is 6.07 Å². The van der Waals surface area contributed by atoms with Crippen molar-refractivity contribution in [2.45, 2.75) is 19.1 Å². The molecule has 1 unspecified atom stereocenters. The molecule has 1 atom stereocenters. The molecule has 1 saturated heterocycles. The third-order valence-electron chi connectivity index (χ3n) is 4.39. The SMILES string of the molecule is COc1cccc(-n2ccn(CN(C)C3CCS(=O)(=O)C3)c2=S)c1. The molecular weight excluding hydrogens is 346 g/mol. The summed E-state index contributed by atoms with van der Waals surface area (Å²) in [4.78, 5) is 2.05. The molecule has 2 aromatic rings. The summed E-state index contributed by atoms with van der Waals surface area (Å²) in [6.07, 6.45) is 4.51. The second-order valence-corrected chi connectivity index (χ2v) is 8.67. The molecule has 0 aliphatic carbocycles. The number of nitrogens with zero attached hydrogens (tertiary/aromatic N) is 3. The van der Waals surface area contributed by atoms with E-state index in [1.807, 2.05) is 52.8 Å². The van der Waals surface area contributed by atoms with Crippen LogP contribution in [0.3, 0.4) is 0 Å². The Balaban J connectivity index is 1.79. The van der Waals surface area contributed by atoms with Gasteiger partial charge in [0, 0.05) is 24.5 Å². The first-order valence-electron chi connectivity index (χ1n) is 7.72. The zero-order valence-corrected chi connectivity index (χ0v) is 15.4. The topological polar surface area (TPSA) is 56.5 Å². The molecule has 130 valence electrons. The molecule has 6 nitrogen and oxygen atoms in total. The number of imidazole rings is 1. The van der Waals surface area contributed by atoms with E-state index in [1.54, 1.807) is 7.11 Å². The summed E-state index contributed by atoms with van der Waals surface area (Å²) in [5.74, 6) is 1.28. The lowest BCUT2D eigenvalue weighted by molar-refractivity contribution is 0.207. The molecule has 1 aliphatic rings. The van der Waals surface area contributed by atoms with Crippen LogP contribution in [-0.2, 0) is 16.5 Å². The van der Waals surface area contributed by atoms with Crippen LogP contribution in [0.2, 0.25) is 0 Å². The second-order valence-electron chi connectivity index (χ2n) is 6.08. The lowest BCUT2D eigenvalue weighted by Gasteiger charge is -2.23. The Morgan fingerprint density at radius 1 is 1.38 bits per heavy atom. The van der Waals surface area contributed by atoms with Crippen molar-refractivity contribution in [1.29, 1.82) is 0 Å². The van der Waals surface area contributed by atoms with E-state index in [-0.39, 0.29) is 17.5 Å². The molecule has 0 amide bonds. The Morgan fingerprint density at radius 3 is 2.83 bits per heavy atom. The van der Waals surface area contributed by atoms with Gasteiger partial charge in [0.15, 0.2) is 14.6 Å². The standard InChI is InChI=1S/C16H21N3O3S2/c1-17(14-6-9-24(20,21)11-14)12-18-7-8-19(16(18)23)13-4-3-5-15(10-13)22-2/h3-5,7-8,10,14H,6,9,11-12H2,1-2H3. The number of hydrogen-bond donors (Lipinski definition) is 0. The van der Waals surface area contributed by atoms with Crippen molar-refractivity contribution >= 4 is 22.1 Å². The van der Waals surface area contributed by atoms with E-state index in [0.717, 1.165) is 11.4 Å². The highest BCUT2D eigenvalue weighted by Gasteiger charge is 2.30. The minimum Gasteiger partial charge on any atom is -0.497 e. The number of sulfone groups is 1. The average molecular weight is 367 g/mol. The highest BCUT2D eigenvalue weighted by molar-refractivity contribution is 7.91. The van der Waals surface area contributed by atoms with Gasteiger partial charge < -0.3 is 9.30 Å². The number of ether oxygens (including phenoxy) is 1. The maximum Gasteiger partial charge on any atom is 0.185 e. The molecule has 1 aromatic carbocycles. The van der Waals surface area contributed by atoms with E-state index >= 15 is 0 Å². The van der Waals surface area contributed by atoms with Crippen molar-refractivity contribution in [3.63, 3.8) is 0 Å². The van der Waals surface area contributed by atoms with Crippen molar-refractivity contribution in [3.05, 3.63) is 41.4 Å². The quantitative estimate of drug-likeness (QED) is 0.758. The molecule has 3 rings (SSSR count). The normalized spacial score (nSPS) is 19.7. The van der Waals surface area contributed by atoms with Crippen LogP contribution < -0.4 is 4.74 Å². The summed E-state index contributed by atoms with van der Waals surface area (Å²) in [5, 5.41) is 0. The van der Waals surface area contributed by atoms with Gasteiger partial charge in [-0.2, -0.15) is 0 Å². The van der Waals surface area contributed by atoms with Crippen molar-refractivity contribution in [2.75, 3.05) is 25.7 Å². The third-order valence-corrected chi connectivity index (χ3v) is 6.57. The minimum absolute atomic E-state index is 0.0528. The molecule has 2 heterocycles. The van der Waals surface area contributed by atoms with E-state index in [0.29, 0.717) is 17.9 Å². The lowest BCUT2D eigenvalue weighted by Crippen LogP contribution is -2.34. The first-order valence-corrected chi connectivity index (χ1v) is 9.95. The summed E-state index contributed by atoms with van der Waals surface area (Å²) in [6.45, 7) is 0.565. The molecule has 0 radical (unpaired) electrons. The van der Waals surface area contributed by atoms with Crippen LogP contribution in [0.5, 0.6) is 5.75 Å². The maximum absolute atomic E-state index is 11.6. The molecule has 0 spiro atoms. The van der Waals surface area contributed by atoms with E-state index in [4.69, 9.17) is 17.0 Å². The zero-order chi connectivity index (χ0) is 17.3. The first-order chi connectivity index (χ1) is 11.4. The summed E-state index contributed by atoms with van der Waals surface area (Å²) in [7, 11) is 0.689. The van der Waals surface area contributed by atoms with E-state index in [2.05, 4.69) is 4.90 Å². The van der Waals surface area contributed by atoms with Crippen LogP contribution in [0.15, 0.2) is 36.7 Å². The van der Waals surface area contributed by atoms with Gasteiger partial charge in [0.1, 0.15) is 5.75 Å². The van der Waals surface area contributed by atoms with E-state index < -0.39 is 9.84 Å². The van der Waals surface area contributed by atoms with Crippen LogP contribution in [0.1, 0.15) is 6.42 Å². The van der Waals surface area contributed by atoms with E-state index in [1.165, 1.54) is 0 Å². The van der Waals surface area contributed by atoms with Crippen LogP contribution >= 0.6 is 12.2 Å². The summed E-state index contributed by atoms with van der Waals surface area (Å²) in [5.41, 5.74) is 0.934. The summed E-state index contributed by atoms with van der Waals surface area (Å²) < 4.78 is 33.1. The highest BCUT2D eigenvalue weighted by atomic mass is 32.2. The molecule has 1 aliphatic heterocycles. The highest BCUT2D eigenvalue weighted by Crippen LogP contribution is 2.19. The molecular formula is C16H21N3O3S2. The Bertz CT molecular complexity index is 886. The number of hydrogen-bond acceptors (Lipinski definition) is 5. The molecule has 1 fully saturated rings.